The topological polar surface area (TPSA) is 46.9 Å². The van der Waals surface area contributed by atoms with Crippen LogP contribution in [0.25, 0.3) is 11.1 Å². The minimum absolute atomic E-state index is 0.0290. The molecule has 0 spiro atoms. The molecule has 0 saturated heterocycles. The van der Waals surface area contributed by atoms with Crippen molar-refractivity contribution in [1.29, 1.82) is 0 Å². The fourth-order valence-electron chi connectivity index (χ4n) is 3.33. The van der Waals surface area contributed by atoms with Gasteiger partial charge in [0.05, 0.1) is 17.3 Å². The Labute approximate surface area is 156 Å². The van der Waals surface area contributed by atoms with Crippen molar-refractivity contribution in [2.24, 2.45) is 7.05 Å². The van der Waals surface area contributed by atoms with Crippen LogP contribution in [0, 0.1) is 25.5 Å². The molecule has 3 aromatic rings. The lowest BCUT2D eigenvalue weighted by Crippen LogP contribution is -2.21. The Hall–Kier alpha value is -3.02. The number of hydrogen-bond donors (Lipinski definition) is 1. The van der Waals surface area contributed by atoms with Crippen LogP contribution < -0.4 is 5.32 Å². The molecule has 1 heterocycles. The summed E-state index contributed by atoms with van der Waals surface area (Å²) < 4.78 is 30.0. The van der Waals surface area contributed by atoms with Gasteiger partial charge in [0.25, 0.3) is 0 Å². The predicted molar refractivity (Wildman–Crippen MR) is 102 cm³/mol. The number of benzene rings is 2. The molecular formula is C21H21F2N3O. The highest BCUT2D eigenvalue weighted by molar-refractivity contribution is 5.99. The van der Waals surface area contributed by atoms with E-state index in [9.17, 15) is 13.6 Å². The van der Waals surface area contributed by atoms with Gasteiger partial charge in [0.15, 0.2) is 0 Å². The van der Waals surface area contributed by atoms with Gasteiger partial charge in [-0.1, -0.05) is 30.3 Å². The van der Waals surface area contributed by atoms with Crippen molar-refractivity contribution >= 4 is 11.6 Å². The molecule has 0 aliphatic rings. The third-order valence-electron chi connectivity index (χ3n) is 4.78. The average molecular weight is 369 g/mol. The summed E-state index contributed by atoms with van der Waals surface area (Å²) in [7, 11) is 1.81. The molecule has 2 aromatic carbocycles. The van der Waals surface area contributed by atoms with Crippen LogP contribution in [0.2, 0.25) is 0 Å². The molecule has 0 bridgehead atoms. The Balaban J connectivity index is 1.99. The minimum atomic E-state index is -0.811. The molecule has 1 aromatic heterocycles. The minimum Gasteiger partial charge on any atom is -0.323 e. The number of aryl methyl sites for hydroxylation is 2. The molecule has 27 heavy (non-hydrogen) atoms. The first-order chi connectivity index (χ1) is 12.8. The van der Waals surface area contributed by atoms with Crippen molar-refractivity contribution in [2.75, 3.05) is 5.32 Å². The first kappa shape index (κ1) is 18.8. The van der Waals surface area contributed by atoms with E-state index in [0.717, 1.165) is 23.0 Å². The third kappa shape index (κ3) is 3.60. The summed E-state index contributed by atoms with van der Waals surface area (Å²) >= 11 is 0. The molecule has 4 nitrogen and oxygen atoms in total. The van der Waals surface area contributed by atoms with Gasteiger partial charge in [-0.2, -0.15) is 5.10 Å². The van der Waals surface area contributed by atoms with Gasteiger partial charge in [0.1, 0.15) is 11.6 Å². The second-order valence-electron chi connectivity index (χ2n) is 6.60. The zero-order valence-corrected chi connectivity index (χ0v) is 15.7. The van der Waals surface area contributed by atoms with E-state index in [2.05, 4.69) is 10.4 Å². The number of halogens is 2. The molecular weight excluding hydrogens is 348 g/mol. The Bertz CT molecular complexity index is 996. The molecule has 0 radical (unpaired) electrons. The van der Waals surface area contributed by atoms with E-state index in [1.165, 1.54) is 6.07 Å². The zero-order chi connectivity index (χ0) is 19.7. The third-order valence-corrected chi connectivity index (χ3v) is 4.78. The Morgan fingerprint density at radius 2 is 1.81 bits per heavy atom. The number of anilines is 1. The molecule has 1 unspecified atom stereocenters. The van der Waals surface area contributed by atoms with E-state index in [1.807, 2.05) is 27.0 Å². The monoisotopic (exact) mass is 369 g/mol. The van der Waals surface area contributed by atoms with E-state index < -0.39 is 17.6 Å². The van der Waals surface area contributed by atoms with Gasteiger partial charge in [0, 0.05) is 29.9 Å². The van der Waals surface area contributed by atoms with E-state index in [-0.39, 0.29) is 11.6 Å². The van der Waals surface area contributed by atoms with Crippen molar-refractivity contribution in [3.05, 3.63) is 71.1 Å². The average Bonchev–Trinajstić information content (AvgIpc) is 2.89. The Kier molecular flexibility index (Phi) is 5.08. The molecule has 0 saturated carbocycles. The molecule has 6 heteroatoms. The van der Waals surface area contributed by atoms with Crippen LogP contribution >= 0.6 is 0 Å². The lowest BCUT2D eigenvalue weighted by Gasteiger charge is -2.17. The van der Waals surface area contributed by atoms with Crippen LogP contribution in [0.15, 0.2) is 42.5 Å². The molecule has 1 amide bonds. The molecule has 0 aliphatic heterocycles. The zero-order valence-electron chi connectivity index (χ0n) is 15.7. The number of amides is 1. The van der Waals surface area contributed by atoms with Gasteiger partial charge in [-0.15, -0.1) is 0 Å². The van der Waals surface area contributed by atoms with Crippen molar-refractivity contribution in [3.63, 3.8) is 0 Å². The maximum atomic E-state index is 14.5. The lowest BCUT2D eigenvalue weighted by molar-refractivity contribution is -0.117. The van der Waals surface area contributed by atoms with Crippen molar-refractivity contribution in [1.82, 2.24) is 9.78 Å². The van der Waals surface area contributed by atoms with Gasteiger partial charge < -0.3 is 5.32 Å². The summed E-state index contributed by atoms with van der Waals surface area (Å²) in [6.07, 6.45) is 0. The van der Waals surface area contributed by atoms with Gasteiger partial charge in [-0.25, -0.2) is 8.78 Å². The number of carbonyl (C=O) groups is 1. The standard InChI is InChI=1S/C21H21F2N3O/c1-12(19-13(2)25-26(4)14(19)3)21(27)24-20-17(10-16(22)11-18(20)23)15-8-6-5-7-9-15/h5-12H,1-4H3,(H,24,27). The van der Waals surface area contributed by atoms with Crippen molar-refractivity contribution in [2.45, 2.75) is 26.7 Å². The van der Waals surface area contributed by atoms with Crippen molar-refractivity contribution in [3.8, 4) is 11.1 Å². The number of rotatable bonds is 4. The fraction of sp³-hybridized carbons (Fsp3) is 0.238. The van der Waals surface area contributed by atoms with E-state index in [4.69, 9.17) is 0 Å². The summed E-state index contributed by atoms with van der Waals surface area (Å²) in [6.45, 7) is 5.46. The molecule has 0 fully saturated rings. The summed E-state index contributed by atoms with van der Waals surface area (Å²) in [6, 6.07) is 10.8. The summed E-state index contributed by atoms with van der Waals surface area (Å²) in [5.41, 5.74) is 3.32. The quantitative estimate of drug-likeness (QED) is 0.723. The molecule has 140 valence electrons. The highest BCUT2D eigenvalue weighted by atomic mass is 19.1. The number of nitrogens with zero attached hydrogens (tertiary/aromatic N) is 2. The lowest BCUT2D eigenvalue weighted by atomic mass is 9.97. The van der Waals surface area contributed by atoms with Crippen LogP contribution in [0.5, 0.6) is 0 Å². The fourth-order valence-corrected chi connectivity index (χ4v) is 3.33. The second-order valence-corrected chi connectivity index (χ2v) is 6.60. The second kappa shape index (κ2) is 7.31. The number of nitrogens with one attached hydrogen (secondary N) is 1. The van der Waals surface area contributed by atoms with E-state index >= 15 is 0 Å². The summed E-state index contributed by atoms with van der Waals surface area (Å²) in [5, 5.41) is 6.98. The molecule has 1 N–H and O–H groups in total. The van der Waals surface area contributed by atoms with E-state index in [1.54, 1.807) is 35.9 Å². The van der Waals surface area contributed by atoms with Crippen LogP contribution in [-0.4, -0.2) is 15.7 Å². The van der Waals surface area contributed by atoms with Gasteiger partial charge in [-0.3, -0.25) is 9.48 Å². The maximum Gasteiger partial charge on any atom is 0.231 e. The highest BCUT2D eigenvalue weighted by Crippen LogP contribution is 2.33. The largest absolute Gasteiger partial charge is 0.323 e. The molecule has 3 rings (SSSR count). The number of aromatic nitrogens is 2. The van der Waals surface area contributed by atoms with Gasteiger partial charge in [-0.05, 0) is 32.4 Å². The first-order valence-electron chi connectivity index (χ1n) is 8.65. The van der Waals surface area contributed by atoms with Crippen LogP contribution in [0.1, 0.15) is 29.8 Å². The van der Waals surface area contributed by atoms with Crippen molar-refractivity contribution < 1.29 is 13.6 Å². The van der Waals surface area contributed by atoms with Crippen LogP contribution in [-0.2, 0) is 11.8 Å². The smallest absolute Gasteiger partial charge is 0.231 e. The predicted octanol–water partition coefficient (Wildman–Crippen LogP) is 4.72. The van der Waals surface area contributed by atoms with E-state index in [0.29, 0.717) is 11.1 Å². The van der Waals surface area contributed by atoms with Gasteiger partial charge in [0.2, 0.25) is 5.91 Å². The van der Waals surface area contributed by atoms with Crippen LogP contribution in [0.4, 0.5) is 14.5 Å². The normalized spacial score (nSPS) is 12.1. The molecule has 0 aliphatic carbocycles. The summed E-state index contributed by atoms with van der Waals surface area (Å²) in [4.78, 5) is 12.8. The molecule has 1 atom stereocenters. The Morgan fingerprint density at radius 1 is 1.15 bits per heavy atom. The number of carbonyl (C=O) groups excluding carboxylic acids is 1. The number of hydrogen-bond acceptors (Lipinski definition) is 2. The Morgan fingerprint density at radius 3 is 2.41 bits per heavy atom. The summed E-state index contributed by atoms with van der Waals surface area (Å²) in [5.74, 6) is -2.42. The highest BCUT2D eigenvalue weighted by Gasteiger charge is 2.24. The maximum absolute atomic E-state index is 14.5. The first-order valence-corrected chi connectivity index (χ1v) is 8.65. The van der Waals surface area contributed by atoms with Crippen LogP contribution in [0.3, 0.4) is 0 Å². The van der Waals surface area contributed by atoms with Gasteiger partial charge >= 0.3 is 0 Å². The SMILES string of the molecule is Cc1nn(C)c(C)c1C(C)C(=O)Nc1c(F)cc(F)cc1-c1ccccc1.